The normalized spacial score (nSPS) is 13.6. The van der Waals surface area contributed by atoms with Crippen LogP contribution in [0, 0.1) is 5.92 Å². The Hall–Kier alpha value is -10.5. The summed E-state index contributed by atoms with van der Waals surface area (Å²) in [5.74, 6) is -9.99. The van der Waals surface area contributed by atoms with E-state index in [9.17, 15) is 82.4 Å². The van der Waals surface area contributed by atoms with Gasteiger partial charge in [0.2, 0.25) is 82.7 Å². The fourth-order valence-corrected chi connectivity index (χ4v) is 9.88. The van der Waals surface area contributed by atoms with Gasteiger partial charge in [0.15, 0.2) is 5.96 Å². The number of nitrogens with one attached hydrogen (secondary N) is 14. The third kappa shape index (κ3) is 33.6. The SMILES string of the molecule is CC(C)C[C@H](NC(=O)CNC(=O)[C@H](C)NC(=O)[C@H](C)NC(=O)[C@H](CCCN=C(N)N)NC(=O)CNC(=O)CCCCNC(=O)CCCCNC(=O)CCCCNC(=O)[C@H](C)NC(=O)[C@H](Cc1ccc(O)cc1)NC(=O)[C@@H](N)Cc1c[nH]c2ccccc12)C(=O)N[C@@H](CO)C(=O)N[C@@H](CO)C(N)=O. The van der Waals surface area contributed by atoms with Crippen molar-refractivity contribution in [3.05, 3.63) is 65.9 Å². The van der Waals surface area contributed by atoms with Gasteiger partial charge in [0, 0.05) is 69.0 Å². The third-order valence-corrected chi connectivity index (χ3v) is 15.6. The zero-order valence-electron chi connectivity index (χ0n) is 58.3. The first kappa shape index (κ1) is 85.7. The van der Waals surface area contributed by atoms with Crippen molar-refractivity contribution in [2.75, 3.05) is 52.5 Å². The van der Waals surface area contributed by atoms with Gasteiger partial charge in [0.05, 0.1) is 32.3 Å². The lowest BCUT2D eigenvalue weighted by Crippen LogP contribution is -2.59. The number of guanidine groups is 1. The summed E-state index contributed by atoms with van der Waals surface area (Å²) < 4.78 is 0. The van der Waals surface area contributed by atoms with Crippen LogP contribution in [0.1, 0.15) is 123 Å². The average Bonchev–Trinajstić information content (AvgIpc) is 1.67. The maximum atomic E-state index is 13.6. The molecule has 0 radical (unpaired) electrons. The molecule has 0 aliphatic rings. The molecule has 564 valence electrons. The summed E-state index contributed by atoms with van der Waals surface area (Å²) in [6, 6.07) is 2.52. The number of nitrogens with two attached hydrogens (primary N) is 4. The minimum Gasteiger partial charge on any atom is -0.508 e. The van der Waals surface area contributed by atoms with E-state index in [1.165, 1.54) is 32.9 Å². The number of aromatic amines is 1. The number of aliphatic hydroxyl groups excluding tert-OH is 2. The molecule has 0 aliphatic heterocycles. The van der Waals surface area contributed by atoms with Crippen molar-refractivity contribution in [2.24, 2.45) is 33.8 Å². The zero-order valence-corrected chi connectivity index (χ0v) is 58.3. The highest BCUT2D eigenvalue weighted by Gasteiger charge is 2.32. The molecule has 9 atom stereocenters. The number of aromatic nitrogens is 1. The van der Waals surface area contributed by atoms with Crippen LogP contribution in [0.5, 0.6) is 5.75 Å². The smallest absolute Gasteiger partial charge is 0.245 e. The van der Waals surface area contributed by atoms with Gasteiger partial charge in [-0.3, -0.25) is 72.1 Å². The van der Waals surface area contributed by atoms with Crippen LogP contribution < -0.4 is 92.1 Å². The van der Waals surface area contributed by atoms with Crippen LogP contribution in [0.3, 0.4) is 0 Å². The Bertz CT molecular complexity index is 3330. The summed E-state index contributed by atoms with van der Waals surface area (Å²) in [4.78, 5) is 187. The molecule has 14 amide bonds. The first-order chi connectivity index (χ1) is 48.4. The van der Waals surface area contributed by atoms with Gasteiger partial charge in [-0.1, -0.05) is 44.2 Å². The van der Waals surface area contributed by atoms with E-state index < -0.39 is 152 Å². The Balaban J connectivity index is 1.30. The number of aromatic hydroxyl groups is 1. The Kier molecular flexibility index (Phi) is 38.7. The zero-order chi connectivity index (χ0) is 75.8. The molecule has 0 saturated heterocycles. The van der Waals surface area contributed by atoms with Crippen molar-refractivity contribution in [3.8, 4) is 5.75 Å². The molecule has 1 heterocycles. The monoisotopic (exact) mass is 1430 g/mol. The van der Waals surface area contributed by atoms with Crippen molar-refractivity contribution in [2.45, 2.75) is 179 Å². The van der Waals surface area contributed by atoms with Crippen molar-refractivity contribution in [1.29, 1.82) is 0 Å². The number of rotatable bonds is 48. The molecule has 1 aromatic heterocycles. The summed E-state index contributed by atoms with van der Waals surface area (Å²) in [6.07, 6.45) is 5.44. The summed E-state index contributed by atoms with van der Waals surface area (Å²) >= 11 is 0. The highest BCUT2D eigenvalue weighted by Crippen LogP contribution is 2.19. The number of aliphatic imine (C=N–C) groups is 1. The standard InChI is InChI=1S/C66H103N19O17/c1-37(2)29-48(64(101)85-51(36-87)65(102)84-50(35-86)57(68)94)82-56(93)34-77-59(96)39(4)78-60(97)40(5)80-62(99)47(17-14-28-74-66(69)70)81-55(92)33-76-54(91)20-9-12-26-72-52(89)18-8-11-25-71-53(90)19-10-13-27-73-58(95)38(3)79-63(100)49(30-41-21-23-43(88)24-22-41)83-61(98)45(67)31-42-32-75-46-16-7-6-15-44(42)46/h6-7,15-16,21-24,32,37-40,45,47-51,75,86-88H,8-14,17-20,25-31,33-36,67H2,1-5H3,(H2,68,94)(H,71,90)(H,72,89)(H,73,95)(H,76,91)(H,77,96)(H,78,97)(H,79,100)(H,80,99)(H,81,92)(H,82,93)(H,83,98)(H,84,102)(H,85,101)(H4,69,70,74)/t38-,39-,40-,45-,47-,48-,49-,50-,51-/m0/s1. The molecule has 2 aromatic carbocycles. The van der Waals surface area contributed by atoms with Crippen LogP contribution in [0.15, 0.2) is 59.7 Å². The highest BCUT2D eigenvalue weighted by atomic mass is 16.3. The van der Waals surface area contributed by atoms with Gasteiger partial charge in [-0.05, 0) is 120 Å². The Morgan fingerprint density at radius 3 is 1.49 bits per heavy atom. The second-order valence-corrected chi connectivity index (χ2v) is 24.9. The van der Waals surface area contributed by atoms with Gasteiger partial charge in [-0.15, -0.1) is 0 Å². The fraction of sp³-hybridized carbons (Fsp3) is 0.561. The van der Waals surface area contributed by atoms with Gasteiger partial charge in [0.25, 0.3) is 0 Å². The minimum absolute atomic E-state index is 0.00961. The second-order valence-electron chi connectivity index (χ2n) is 24.9. The molecule has 0 saturated carbocycles. The summed E-state index contributed by atoms with van der Waals surface area (Å²) in [7, 11) is 0. The molecule has 3 rings (SSSR count). The third-order valence-electron chi connectivity index (χ3n) is 15.6. The maximum absolute atomic E-state index is 13.6. The van der Waals surface area contributed by atoms with Crippen LogP contribution in [0.4, 0.5) is 0 Å². The lowest BCUT2D eigenvalue weighted by Gasteiger charge is -2.24. The van der Waals surface area contributed by atoms with Gasteiger partial charge in [-0.2, -0.15) is 0 Å². The average molecular weight is 1430 g/mol. The molecule has 0 fully saturated rings. The molecule has 0 unspecified atom stereocenters. The number of nitrogens with zero attached hydrogens (tertiary/aromatic N) is 1. The van der Waals surface area contributed by atoms with E-state index in [0.717, 1.165) is 16.5 Å². The molecule has 102 heavy (non-hydrogen) atoms. The van der Waals surface area contributed by atoms with Gasteiger partial charge in [0.1, 0.15) is 54.1 Å². The number of primary amides is 1. The largest absolute Gasteiger partial charge is 0.508 e. The Labute approximate surface area is 590 Å². The predicted molar refractivity (Wildman–Crippen MR) is 374 cm³/mol. The second kappa shape index (κ2) is 46.0. The van der Waals surface area contributed by atoms with E-state index in [1.807, 2.05) is 24.3 Å². The van der Waals surface area contributed by atoms with Gasteiger partial charge in [-0.25, -0.2) is 0 Å². The summed E-state index contributed by atoms with van der Waals surface area (Å²) in [5.41, 5.74) is 24.6. The summed E-state index contributed by atoms with van der Waals surface area (Å²) in [5, 5.41) is 62.4. The van der Waals surface area contributed by atoms with E-state index in [0.29, 0.717) is 50.6 Å². The first-order valence-corrected chi connectivity index (χ1v) is 33.8. The molecule has 3 aromatic rings. The first-order valence-electron chi connectivity index (χ1n) is 33.8. The van der Waals surface area contributed by atoms with Gasteiger partial charge < -0.3 is 112 Å². The highest BCUT2D eigenvalue weighted by molar-refractivity contribution is 5.98. The van der Waals surface area contributed by atoms with Crippen molar-refractivity contribution in [3.63, 3.8) is 0 Å². The van der Waals surface area contributed by atoms with Crippen LogP contribution in [-0.4, -0.2) is 216 Å². The minimum atomic E-state index is -1.60. The number of unbranched alkanes of at least 4 members (excludes halogenated alkanes) is 3. The lowest BCUT2D eigenvalue weighted by atomic mass is 10.0. The molecule has 0 bridgehead atoms. The van der Waals surface area contributed by atoms with Crippen molar-refractivity contribution < 1.29 is 82.4 Å². The Morgan fingerprint density at radius 1 is 0.461 bits per heavy atom. The number of aliphatic hydroxyl groups is 2. The number of amides is 14. The van der Waals surface area contributed by atoms with E-state index in [2.05, 4.69) is 79.1 Å². The number of carbonyl (C=O) groups excluding carboxylic acids is 14. The van der Waals surface area contributed by atoms with Crippen LogP contribution >= 0.6 is 0 Å². The van der Waals surface area contributed by atoms with Crippen LogP contribution in [0.2, 0.25) is 0 Å². The molecular formula is C66H103N19O17. The van der Waals surface area contributed by atoms with E-state index >= 15 is 0 Å². The number of fused-ring (bicyclic) bond motifs is 1. The number of hydrogen-bond donors (Lipinski definition) is 21. The number of hydrogen-bond acceptors (Lipinski definition) is 19. The quantitative estimate of drug-likeness (QED) is 0.0143. The topological polar surface area (TPSA) is 588 Å². The van der Waals surface area contributed by atoms with E-state index in [1.54, 1.807) is 32.2 Å². The lowest BCUT2D eigenvalue weighted by molar-refractivity contribution is -0.135. The predicted octanol–water partition coefficient (Wildman–Crippen LogP) is -5.41. The summed E-state index contributed by atoms with van der Waals surface area (Å²) in [6.45, 7) is 5.55. The molecule has 25 N–H and O–H groups in total. The maximum Gasteiger partial charge on any atom is 0.245 e. The molecule has 0 spiro atoms. The number of para-hydroxylation sites is 1. The van der Waals surface area contributed by atoms with Crippen LogP contribution in [0.25, 0.3) is 10.9 Å². The van der Waals surface area contributed by atoms with Gasteiger partial charge >= 0.3 is 0 Å². The number of H-pyrrole nitrogens is 1. The number of benzene rings is 2. The molecule has 36 heteroatoms. The number of phenolic OH excluding ortho intramolecular Hbond substituents is 1. The number of carbonyl (C=O) groups is 14. The molecule has 0 aliphatic carbocycles. The number of phenols is 1. The van der Waals surface area contributed by atoms with Crippen molar-refractivity contribution in [1.82, 2.24) is 74.1 Å². The molecule has 36 nitrogen and oxygen atoms in total. The fourth-order valence-electron chi connectivity index (χ4n) is 9.88. The Morgan fingerprint density at radius 2 is 0.931 bits per heavy atom. The van der Waals surface area contributed by atoms with Crippen molar-refractivity contribution >= 4 is 99.6 Å². The molecular weight excluding hydrogens is 1330 g/mol. The van der Waals surface area contributed by atoms with E-state index in [-0.39, 0.29) is 100 Å². The van der Waals surface area contributed by atoms with E-state index in [4.69, 9.17) is 22.9 Å². The van der Waals surface area contributed by atoms with Crippen LogP contribution in [-0.2, 0) is 80.0 Å².